The zero-order valence-electron chi connectivity index (χ0n) is 10.2. The summed E-state index contributed by atoms with van der Waals surface area (Å²) in [7, 11) is 3.12. The van der Waals surface area contributed by atoms with Crippen molar-refractivity contribution >= 4 is 17.7 Å². The fraction of sp³-hybridized carbons (Fsp3) is 0.308. The van der Waals surface area contributed by atoms with Gasteiger partial charge in [-0.2, -0.15) is 0 Å². The Kier molecular flexibility index (Phi) is 1.94. The topological polar surface area (TPSA) is 57.7 Å². The molecule has 2 heterocycles. The van der Waals surface area contributed by atoms with Gasteiger partial charge in [0.25, 0.3) is 11.8 Å². The van der Waals surface area contributed by atoms with Crippen LogP contribution in [0.2, 0.25) is 0 Å². The molecule has 1 unspecified atom stereocenters. The molecule has 18 heavy (non-hydrogen) atoms. The predicted octanol–water partition coefficient (Wildman–Crippen LogP) is 0.214. The Morgan fingerprint density at radius 1 is 1.17 bits per heavy atom. The molecule has 0 aromatic carbocycles. The van der Waals surface area contributed by atoms with Gasteiger partial charge in [-0.25, -0.2) is 0 Å². The normalized spacial score (nSPS) is 27.0. The molecule has 1 saturated heterocycles. The fourth-order valence-corrected chi connectivity index (χ4v) is 2.70. The average Bonchev–Trinajstić information content (AvgIpc) is 2.71. The van der Waals surface area contributed by atoms with Crippen molar-refractivity contribution in [3.63, 3.8) is 0 Å². The van der Waals surface area contributed by atoms with Crippen molar-refractivity contribution in [1.29, 1.82) is 0 Å². The molecule has 3 amide bonds. The van der Waals surface area contributed by atoms with Gasteiger partial charge in [0.2, 0.25) is 5.91 Å². The lowest BCUT2D eigenvalue weighted by Gasteiger charge is -2.14. The molecule has 3 aliphatic rings. The quantitative estimate of drug-likeness (QED) is 0.572. The lowest BCUT2D eigenvalue weighted by Crippen LogP contribution is -2.27. The third-order valence-corrected chi connectivity index (χ3v) is 3.87. The SMILES string of the molecule is C=C1C2=CC3=C(CC2C(=O)N1C)C(=O)N(C)C3=O. The molecule has 2 aliphatic heterocycles. The zero-order valence-corrected chi connectivity index (χ0v) is 10.2. The molecule has 92 valence electrons. The first-order valence-corrected chi connectivity index (χ1v) is 5.67. The number of carbonyl (C=O) groups excluding carboxylic acids is 3. The van der Waals surface area contributed by atoms with Gasteiger partial charge in [-0.05, 0) is 18.1 Å². The van der Waals surface area contributed by atoms with E-state index in [0.29, 0.717) is 23.3 Å². The highest BCUT2D eigenvalue weighted by Crippen LogP contribution is 2.42. The Morgan fingerprint density at radius 3 is 2.50 bits per heavy atom. The van der Waals surface area contributed by atoms with Gasteiger partial charge in [0.15, 0.2) is 0 Å². The largest absolute Gasteiger partial charge is 0.315 e. The van der Waals surface area contributed by atoms with Crippen LogP contribution >= 0.6 is 0 Å². The van der Waals surface area contributed by atoms with Crippen LogP contribution in [-0.2, 0) is 14.4 Å². The molecular formula is C13H12N2O3. The summed E-state index contributed by atoms with van der Waals surface area (Å²) in [6.07, 6.45) is 1.95. The molecule has 5 heteroatoms. The van der Waals surface area contributed by atoms with E-state index in [1.54, 1.807) is 13.1 Å². The van der Waals surface area contributed by atoms with E-state index in [1.165, 1.54) is 11.9 Å². The lowest BCUT2D eigenvalue weighted by atomic mass is 9.85. The van der Waals surface area contributed by atoms with Gasteiger partial charge in [-0.1, -0.05) is 6.58 Å². The van der Waals surface area contributed by atoms with Crippen LogP contribution in [0.3, 0.4) is 0 Å². The maximum atomic E-state index is 12.0. The van der Waals surface area contributed by atoms with Crippen molar-refractivity contribution in [2.45, 2.75) is 6.42 Å². The smallest absolute Gasteiger partial charge is 0.260 e. The lowest BCUT2D eigenvalue weighted by molar-refractivity contribution is -0.135. The highest BCUT2D eigenvalue weighted by molar-refractivity contribution is 6.21. The van der Waals surface area contributed by atoms with E-state index in [1.807, 2.05) is 0 Å². The standard InChI is InChI=1S/C13H12N2O3/c1-6-7-4-9-10(13(18)15(3)12(9)17)5-8(7)11(16)14(6)2/h4,8H,1,5H2,2-3H3. The van der Waals surface area contributed by atoms with Crippen molar-refractivity contribution < 1.29 is 14.4 Å². The number of likely N-dealkylation sites (tertiary alicyclic amines) is 1. The molecule has 3 rings (SSSR count). The van der Waals surface area contributed by atoms with Crippen LogP contribution in [0.4, 0.5) is 0 Å². The summed E-state index contributed by atoms with van der Waals surface area (Å²) < 4.78 is 0. The number of nitrogens with zero attached hydrogens (tertiary/aromatic N) is 2. The number of rotatable bonds is 0. The van der Waals surface area contributed by atoms with Crippen molar-refractivity contribution in [2.75, 3.05) is 14.1 Å². The van der Waals surface area contributed by atoms with Crippen molar-refractivity contribution in [3.8, 4) is 0 Å². The summed E-state index contributed by atoms with van der Waals surface area (Å²) in [4.78, 5) is 38.3. The Morgan fingerprint density at radius 2 is 1.83 bits per heavy atom. The van der Waals surface area contributed by atoms with Gasteiger partial charge in [0, 0.05) is 30.9 Å². The molecule has 0 aromatic heterocycles. The van der Waals surface area contributed by atoms with E-state index >= 15 is 0 Å². The molecule has 0 saturated carbocycles. The van der Waals surface area contributed by atoms with Crippen LogP contribution in [0.25, 0.3) is 0 Å². The van der Waals surface area contributed by atoms with E-state index in [0.717, 1.165) is 10.5 Å². The summed E-state index contributed by atoms with van der Waals surface area (Å²) in [5.74, 6) is -1.01. The van der Waals surface area contributed by atoms with Crippen LogP contribution in [0.15, 0.2) is 35.1 Å². The second-order valence-electron chi connectivity index (χ2n) is 4.76. The number of allylic oxidation sites excluding steroid dienone is 1. The van der Waals surface area contributed by atoms with Crippen LogP contribution in [0.5, 0.6) is 0 Å². The summed E-state index contributed by atoms with van der Waals surface area (Å²) in [5, 5.41) is 0. The van der Waals surface area contributed by atoms with Crippen LogP contribution in [-0.4, -0.2) is 41.6 Å². The highest BCUT2D eigenvalue weighted by Gasteiger charge is 2.46. The van der Waals surface area contributed by atoms with E-state index in [4.69, 9.17) is 0 Å². The first-order valence-electron chi connectivity index (χ1n) is 5.67. The number of carbonyl (C=O) groups is 3. The van der Waals surface area contributed by atoms with Crippen molar-refractivity contribution in [1.82, 2.24) is 9.80 Å². The summed E-state index contributed by atoms with van der Waals surface area (Å²) in [6, 6.07) is 0. The second-order valence-corrected chi connectivity index (χ2v) is 4.76. The van der Waals surface area contributed by atoms with E-state index in [2.05, 4.69) is 6.58 Å². The zero-order chi connectivity index (χ0) is 13.2. The molecular weight excluding hydrogens is 232 g/mol. The summed E-state index contributed by atoms with van der Waals surface area (Å²) >= 11 is 0. The Balaban J connectivity index is 2.12. The third-order valence-electron chi connectivity index (χ3n) is 3.87. The maximum Gasteiger partial charge on any atom is 0.260 e. The highest BCUT2D eigenvalue weighted by atomic mass is 16.2. The number of hydrogen-bond acceptors (Lipinski definition) is 3. The van der Waals surface area contributed by atoms with Gasteiger partial charge >= 0.3 is 0 Å². The molecule has 5 nitrogen and oxygen atoms in total. The Hall–Kier alpha value is -2.17. The maximum absolute atomic E-state index is 12.0. The minimum atomic E-state index is -0.357. The van der Waals surface area contributed by atoms with Crippen LogP contribution < -0.4 is 0 Å². The number of hydrogen-bond donors (Lipinski definition) is 0. The van der Waals surface area contributed by atoms with Gasteiger partial charge in [-0.15, -0.1) is 0 Å². The predicted molar refractivity (Wildman–Crippen MR) is 62.9 cm³/mol. The molecule has 1 atom stereocenters. The molecule has 0 bridgehead atoms. The number of fused-ring (bicyclic) bond motifs is 1. The van der Waals surface area contributed by atoms with Crippen molar-refractivity contribution in [3.05, 3.63) is 35.1 Å². The van der Waals surface area contributed by atoms with E-state index in [9.17, 15) is 14.4 Å². The third kappa shape index (κ3) is 1.08. The Labute approximate surface area is 104 Å². The van der Waals surface area contributed by atoms with Gasteiger partial charge in [0.05, 0.1) is 5.92 Å². The monoisotopic (exact) mass is 244 g/mol. The fourth-order valence-electron chi connectivity index (χ4n) is 2.70. The van der Waals surface area contributed by atoms with Crippen LogP contribution in [0.1, 0.15) is 6.42 Å². The number of imide groups is 1. The Bertz CT molecular complexity index is 597. The molecule has 0 N–H and O–H groups in total. The second kappa shape index (κ2) is 3.19. The minimum absolute atomic E-state index is 0.0624. The number of amides is 3. The molecule has 0 spiro atoms. The first kappa shape index (κ1) is 11.0. The van der Waals surface area contributed by atoms with Crippen molar-refractivity contribution in [2.24, 2.45) is 5.92 Å². The van der Waals surface area contributed by atoms with E-state index < -0.39 is 0 Å². The minimum Gasteiger partial charge on any atom is -0.315 e. The summed E-state index contributed by atoms with van der Waals surface area (Å²) in [5.41, 5.74) is 2.25. The summed E-state index contributed by atoms with van der Waals surface area (Å²) in [6.45, 7) is 3.85. The van der Waals surface area contributed by atoms with Gasteiger partial charge in [-0.3, -0.25) is 19.3 Å². The van der Waals surface area contributed by atoms with Crippen LogP contribution in [0, 0.1) is 5.92 Å². The van der Waals surface area contributed by atoms with Gasteiger partial charge in [0.1, 0.15) is 0 Å². The molecule has 0 radical (unpaired) electrons. The van der Waals surface area contributed by atoms with Gasteiger partial charge < -0.3 is 4.90 Å². The van der Waals surface area contributed by atoms with E-state index in [-0.39, 0.29) is 23.6 Å². The number of likely N-dealkylation sites (N-methyl/N-ethyl adjacent to an activating group) is 2. The molecule has 0 aromatic rings. The molecule has 1 fully saturated rings. The first-order chi connectivity index (χ1) is 8.43. The molecule has 1 aliphatic carbocycles. The average molecular weight is 244 g/mol.